The summed E-state index contributed by atoms with van der Waals surface area (Å²) in [5, 5.41) is 6.42. The molecule has 23 heavy (non-hydrogen) atoms. The Kier molecular flexibility index (Phi) is 8.05. The van der Waals surface area contributed by atoms with Crippen molar-refractivity contribution < 1.29 is 13.2 Å². The van der Waals surface area contributed by atoms with Crippen molar-refractivity contribution in [2.45, 2.75) is 32.5 Å². The minimum Gasteiger partial charge on any atom is -0.380 e. The van der Waals surface area contributed by atoms with Gasteiger partial charge in [0.05, 0.1) is 12.4 Å². The summed E-state index contributed by atoms with van der Waals surface area (Å²) < 4.78 is 27.5. The van der Waals surface area contributed by atoms with Gasteiger partial charge in [0.15, 0.2) is 5.96 Å². The fourth-order valence-corrected chi connectivity index (χ4v) is 2.78. The van der Waals surface area contributed by atoms with E-state index < -0.39 is 9.84 Å². The van der Waals surface area contributed by atoms with Crippen LogP contribution in [0.3, 0.4) is 0 Å². The Morgan fingerprint density at radius 2 is 1.87 bits per heavy atom. The summed E-state index contributed by atoms with van der Waals surface area (Å²) in [5.41, 5.74) is 2.27. The molecule has 2 N–H and O–H groups in total. The quantitative estimate of drug-likeness (QED) is 0.551. The van der Waals surface area contributed by atoms with Gasteiger partial charge < -0.3 is 15.4 Å². The molecule has 1 aromatic rings. The van der Waals surface area contributed by atoms with Crippen LogP contribution in [0.4, 0.5) is 0 Å². The van der Waals surface area contributed by atoms with Crippen molar-refractivity contribution in [1.82, 2.24) is 10.6 Å². The zero-order valence-corrected chi connectivity index (χ0v) is 15.1. The molecule has 1 rings (SSSR count). The summed E-state index contributed by atoms with van der Waals surface area (Å²) in [4.78, 5) is 4.16. The maximum absolute atomic E-state index is 11.2. The van der Waals surface area contributed by atoms with E-state index in [0.717, 1.165) is 11.1 Å². The van der Waals surface area contributed by atoms with E-state index in [-0.39, 0.29) is 11.8 Å². The lowest BCUT2D eigenvalue weighted by Crippen LogP contribution is -2.42. The van der Waals surface area contributed by atoms with Gasteiger partial charge >= 0.3 is 0 Å². The zero-order chi connectivity index (χ0) is 17.3. The van der Waals surface area contributed by atoms with Crippen molar-refractivity contribution in [2.75, 3.05) is 26.2 Å². The second-order valence-electron chi connectivity index (χ2n) is 5.64. The van der Waals surface area contributed by atoms with Gasteiger partial charge in [-0.3, -0.25) is 4.99 Å². The molecular weight excluding hydrogens is 314 g/mol. The number of hydrogen-bond acceptors (Lipinski definition) is 4. The molecule has 0 aromatic heterocycles. The molecule has 0 spiro atoms. The Bertz CT molecular complexity index is 598. The van der Waals surface area contributed by atoms with E-state index >= 15 is 0 Å². The van der Waals surface area contributed by atoms with Crippen LogP contribution in [0.1, 0.15) is 24.5 Å². The van der Waals surface area contributed by atoms with Crippen LogP contribution in [-0.4, -0.2) is 46.6 Å². The smallest absolute Gasteiger partial charge is 0.191 e. The number of methoxy groups -OCH3 is 1. The number of benzene rings is 1. The number of rotatable bonds is 8. The van der Waals surface area contributed by atoms with Crippen molar-refractivity contribution in [3.63, 3.8) is 0 Å². The molecule has 1 unspecified atom stereocenters. The molecule has 0 saturated heterocycles. The molecule has 0 aliphatic rings. The predicted molar refractivity (Wildman–Crippen MR) is 94.3 cm³/mol. The first kappa shape index (κ1) is 19.4. The summed E-state index contributed by atoms with van der Waals surface area (Å²) in [6.45, 7) is 3.19. The lowest BCUT2D eigenvalue weighted by atomic mass is 10.1. The van der Waals surface area contributed by atoms with E-state index in [1.807, 2.05) is 31.2 Å². The Balaban J connectivity index is 2.44. The predicted octanol–water partition coefficient (Wildman–Crippen LogP) is 1.32. The summed E-state index contributed by atoms with van der Waals surface area (Å²) >= 11 is 0. The molecule has 0 amide bonds. The van der Waals surface area contributed by atoms with Gasteiger partial charge in [-0.2, -0.15) is 0 Å². The van der Waals surface area contributed by atoms with Crippen molar-refractivity contribution in [2.24, 2.45) is 4.99 Å². The van der Waals surface area contributed by atoms with Crippen LogP contribution in [0.5, 0.6) is 0 Å². The van der Waals surface area contributed by atoms with E-state index in [4.69, 9.17) is 4.74 Å². The largest absolute Gasteiger partial charge is 0.380 e. The van der Waals surface area contributed by atoms with Crippen molar-refractivity contribution in [3.05, 3.63) is 35.4 Å². The van der Waals surface area contributed by atoms with E-state index in [1.54, 1.807) is 14.2 Å². The summed E-state index contributed by atoms with van der Waals surface area (Å²) in [6, 6.07) is 8.18. The van der Waals surface area contributed by atoms with Crippen molar-refractivity contribution >= 4 is 15.8 Å². The Morgan fingerprint density at radius 3 is 2.39 bits per heavy atom. The van der Waals surface area contributed by atoms with Gasteiger partial charge in [0.1, 0.15) is 9.84 Å². The fourth-order valence-electron chi connectivity index (χ4n) is 2.00. The highest BCUT2D eigenvalue weighted by Crippen LogP contribution is 2.05. The maximum atomic E-state index is 11.2. The van der Waals surface area contributed by atoms with Gasteiger partial charge in [-0.1, -0.05) is 24.3 Å². The average Bonchev–Trinajstić information content (AvgIpc) is 2.50. The SMILES string of the molecule is CN=C(NCc1ccc(COC)cc1)NC(C)CCS(C)(=O)=O. The molecular formula is C16H27N3O3S. The average molecular weight is 341 g/mol. The Labute approximate surface area is 139 Å². The van der Waals surface area contributed by atoms with Gasteiger partial charge in [-0.05, 0) is 24.5 Å². The summed E-state index contributed by atoms with van der Waals surface area (Å²) in [5.74, 6) is 0.825. The second-order valence-corrected chi connectivity index (χ2v) is 7.90. The molecule has 0 radical (unpaired) electrons. The van der Waals surface area contributed by atoms with Crippen LogP contribution in [0.15, 0.2) is 29.3 Å². The fraction of sp³-hybridized carbons (Fsp3) is 0.562. The van der Waals surface area contributed by atoms with Crippen molar-refractivity contribution in [3.8, 4) is 0 Å². The van der Waals surface area contributed by atoms with Crippen LogP contribution >= 0.6 is 0 Å². The standard InChI is InChI=1S/C16H27N3O3S/c1-13(9-10-23(4,20)21)19-16(17-2)18-11-14-5-7-15(8-6-14)12-22-3/h5-8,13H,9-12H2,1-4H3,(H2,17,18,19). The lowest BCUT2D eigenvalue weighted by molar-refractivity contribution is 0.185. The van der Waals surface area contributed by atoms with Crippen LogP contribution in [-0.2, 0) is 27.7 Å². The molecule has 0 aliphatic carbocycles. The van der Waals surface area contributed by atoms with Gasteiger partial charge in [-0.25, -0.2) is 8.42 Å². The summed E-state index contributed by atoms with van der Waals surface area (Å²) in [6.07, 6.45) is 1.80. The molecule has 1 atom stereocenters. The molecule has 130 valence electrons. The third kappa shape index (κ3) is 8.56. The van der Waals surface area contributed by atoms with Gasteiger partial charge in [-0.15, -0.1) is 0 Å². The van der Waals surface area contributed by atoms with E-state index in [2.05, 4.69) is 15.6 Å². The third-order valence-corrected chi connectivity index (χ3v) is 4.30. The molecule has 0 heterocycles. The van der Waals surface area contributed by atoms with Crippen LogP contribution in [0.25, 0.3) is 0 Å². The Hall–Kier alpha value is -1.60. The molecule has 7 heteroatoms. The summed E-state index contributed by atoms with van der Waals surface area (Å²) in [7, 11) is 0.435. The third-order valence-electron chi connectivity index (χ3n) is 3.32. The number of hydrogen-bond donors (Lipinski definition) is 2. The molecule has 6 nitrogen and oxygen atoms in total. The number of sulfone groups is 1. The van der Waals surface area contributed by atoms with E-state index in [0.29, 0.717) is 25.5 Å². The maximum Gasteiger partial charge on any atom is 0.191 e. The van der Waals surface area contributed by atoms with Gasteiger partial charge in [0.2, 0.25) is 0 Å². The molecule has 0 bridgehead atoms. The first-order valence-electron chi connectivity index (χ1n) is 7.55. The number of nitrogens with one attached hydrogen (secondary N) is 2. The molecule has 0 saturated carbocycles. The first-order valence-corrected chi connectivity index (χ1v) is 9.61. The van der Waals surface area contributed by atoms with E-state index in [1.165, 1.54) is 6.26 Å². The molecule has 0 fully saturated rings. The minimum atomic E-state index is -2.94. The number of guanidine groups is 1. The van der Waals surface area contributed by atoms with Gasteiger partial charge in [0.25, 0.3) is 0 Å². The lowest BCUT2D eigenvalue weighted by Gasteiger charge is -2.17. The topological polar surface area (TPSA) is 79.8 Å². The highest BCUT2D eigenvalue weighted by Gasteiger charge is 2.09. The highest BCUT2D eigenvalue weighted by molar-refractivity contribution is 7.90. The molecule has 0 aliphatic heterocycles. The minimum absolute atomic E-state index is 0.0278. The van der Waals surface area contributed by atoms with Crippen molar-refractivity contribution in [1.29, 1.82) is 0 Å². The second kappa shape index (κ2) is 9.52. The number of nitrogens with zero attached hydrogens (tertiary/aromatic N) is 1. The highest BCUT2D eigenvalue weighted by atomic mass is 32.2. The van der Waals surface area contributed by atoms with E-state index in [9.17, 15) is 8.42 Å². The molecule has 1 aromatic carbocycles. The number of aliphatic imine (C=N–C) groups is 1. The van der Waals surface area contributed by atoms with Crippen LogP contribution in [0, 0.1) is 0 Å². The van der Waals surface area contributed by atoms with Crippen LogP contribution < -0.4 is 10.6 Å². The van der Waals surface area contributed by atoms with Crippen LogP contribution in [0.2, 0.25) is 0 Å². The zero-order valence-electron chi connectivity index (χ0n) is 14.3. The monoisotopic (exact) mass is 341 g/mol. The Morgan fingerprint density at radius 1 is 1.26 bits per heavy atom. The van der Waals surface area contributed by atoms with Gasteiger partial charge in [0, 0.05) is 33.0 Å². The first-order chi connectivity index (χ1) is 10.8. The number of ether oxygens (including phenoxy) is 1. The normalized spacial score (nSPS) is 13.7.